The maximum Gasteiger partial charge on any atom is 0.253 e. The Morgan fingerprint density at radius 2 is 1.86 bits per heavy atom. The van der Waals surface area contributed by atoms with Crippen LogP contribution in [0.25, 0.3) is 16.9 Å². The second kappa shape index (κ2) is 7.03. The Labute approximate surface area is 159 Å². The van der Waals surface area contributed by atoms with E-state index in [9.17, 15) is 9.59 Å². The molecule has 1 amide bonds. The normalized spacial score (nSPS) is 10.9. The minimum atomic E-state index is -0.305. The number of benzene rings is 1. The van der Waals surface area contributed by atoms with E-state index in [2.05, 4.69) is 25.6 Å². The van der Waals surface area contributed by atoms with Gasteiger partial charge in [-0.25, -0.2) is 4.98 Å². The van der Waals surface area contributed by atoms with Gasteiger partial charge in [0.25, 0.3) is 5.56 Å². The maximum absolute atomic E-state index is 12.2. The summed E-state index contributed by atoms with van der Waals surface area (Å²) < 4.78 is 2.94. The van der Waals surface area contributed by atoms with Crippen molar-refractivity contribution in [1.82, 2.24) is 29.4 Å². The van der Waals surface area contributed by atoms with E-state index >= 15 is 0 Å². The summed E-state index contributed by atoms with van der Waals surface area (Å²) in [4.78, 5) is 28.1. The Balaban J connectivity index is 1.48. The summed E-state index contributed by atoms with van der Waals surface area (Å²) in [6.07, 6.45) is 1.37. The van der Waals surface area contributed by atoms with Gasteiger partial charge in [-0.15, -0.1) is 10.2 Å². The van der Waals surface area contributed by atoms with Crippen molar-refractivity contribution in [1.29, 1.82) is 0 Å². The largest absolute Gasteiger partial charge is 0.325 e. The van der Waals surface area contributed by atoms with Crippen LogP contribution in [0.15, 0.2) is 53.6 Å². The average molecular weight is 375 g/mol. The van der Waals surface area contributed by atoms with E-state index in [0.717, 1.165) is 11.3 Å². The maximum atomic E-state index is 12.2. The Kier molecular flexibility index (Phi) is 4.40. The molecule has 28 heavy (non-hydrogen) atoms. The fourth-order valence-corrected chi connectivity index (χ4v) is 2.76. The lowest BCUT2D eigenvalue weighted by Crippen LogP contribution is -2.27. The van der Waals surface area contributed by atoms with Crippen molar-refractivity contribution in [3.8, 4) is 11.3 Å². The lowest BCUT2D eigenvalue weighted by molar-refractivity contribution is -0.116. The van der Waals surface area contributed by atoms with Crippen LogP contribution in [0, 0.1) is 13.8 Å². The van der Waals surface area contributed by atoms with Gasteiger partial charge < -0.3 is 5.32 Å². The van der Waals surface area contributed by atoms with Crippen LogP contribution in [-0.4, -0.2) is 35.3 Å². The second-order valence-electron chi connectivity index (χ2n) is 6.36. The third-order valence-corrected chi connectivity index (χ3v) is 4.21. The molecule has 3 heterocycles. The highest BCUT2D eigenvalue weighted by molar-refractivity contribution is 5.90. The summed E-state index contributed by atoms with van der Waals surface area (Å²) in [7, 11) is 0. The molecule has 0 bridgehead atoms. The molecule has 0 fully saturated rings. The molecule has 0 radical (unpaired) electrons. The average Bonchev–Trinajstić information content (AvgIpc) is 3.05. The van der Waals surface area contributed by atoms with E-state index < -0.39 is 0 Å². The molecule has 1 N–H and O–H groups in total. The number of hydrogen-bond donors (Lipinski definition) is 1. The molecule has 0 saturated heterocycles. The number of amides is 1. The van der Waals surface area contributed by atoms with Gasteiger partial charge in [-0.3, -0.25) is 14.2 Å². The zero-order valence-electron chi connectivity index (χ0n) is 15.3. The molecular formula is C19H17N7O2. The number of fused-ring (bicyclic) bond motifs is 1. The molecule has 0 unspecified atom stereocenters. The van der Waals surface area contributed by atoms with Crippen molar-refractivity contribution in [2.45, 2.75) is 20.4 Å². The number of hydrogen-bond acceptors (Lipinski definition) is 6. The lowest BCUT2D eigenvalue weighted by Gasteiger charge is -2.08. The molecule has 0 aliphatic rings. The van der Waals surface area contributed by atoms with E-state index in [1.54, 1.807) is 23.6 Å². The summed E-state index contributed by atoms with van der Waals surface area (Å²) >= 11 is 0. The number of nitrogens with zero attached hydrogens (tertiary/aromatic N) is 6. The zero-order valence-corrected chi connectivity index (χ0v) is 15.3. The van der Waals surface area contributed by atoms with E-state index in [1.807, 2.05) is 31.2 Å². The van der Waals surface area contributed by atoms with Crippen LogP contribution in [0.4, 0.5) is 5.69 Å². The molecule has 0 aliphatic carbocycles. The standard InChI is InChI=1S/C19H17N7O2/c1-12-9-19(28)25(11-20-12)10-18(27)21-15-5-3-14(4-6-15)16-7-8-17-23-22-13(2)26(17)24-16/h3-9,11H,10H2,1-2H3,(H,21,27). The SMILES string of the molecule is Cc1cc(=O)n(CC(=O)Nc2ccc(-c3ccc4nnc(C)n4n3)cc2)cn1. The Morgan fingerprint density at radius 3 is 2.61 bits per heavy atom. The molecule has 0 atom stereocenters. The lowest BCUT2D eigenvalue weighted by atomic mass is 10.1. The molecule has 1 aromatic carbocycles. The molecule has 140 valence electrons. The van der Waals surface area contributed by atoms with Gasteiger partial charge in [0.05, 0.1) is 12.0 Å². The van der Waals surface area contributed by atoms with Gasteiger partial charge in [0, 0.05) is 23.0 Å². The van der Waals surface area contributed by atoms with Crippen molar-refractivity contribution in [3.05, 3.63) is 70.7 Å². The zero-order chi connectivity index (χ0) is 19.7. The fraction of sp³-hybridized carbons (Fsp3) is 0.158. The van der Waals surface area contributed by atoms with Crippen molar-refractivity contribution in [2.24, 2.45) is 0 Å². The first kappa shape index (κ1) is 17.5. The molecule has 0 aliphatic heterocycles. The van der Waals surface area contributed by atoms with Gasteiger partial charge in [0.1, 0.15) is 6.54 Å². The van der Waals surface area contributed by atoms with Crippen LogP contribution >= 0.6 is 0 Å². The van der Waals surface area contributed by atoms with Gasteiger partial charge in [-0.2, -0.15) is 9.61 Å². The molecule has 3 aromatic heterocycles. The van der Waals surface area contributed by atoms with E-state index in [0.29, 0.717) is 22.9 Å². The molecule has 9 heteroatoms. The summed E-state index contributed by atoms with van der Waals surface area (Å²) in [6, 6.07) is 12.4. The number of carbonyl (C=O) groups is 1. The van der Waals surface area contributed by atoms with Crippen LogP contribution in [0.3, 0.4) is 0 Å². The Morgan fingerprint density at radius 1 is 1.07 bits per heavy atom. The van der Waals surface area contributed by atoms with Crippen molar-refractivity contribution < 1.29 is 4.79 Å². The molecule has 4 rings (SSSR count). The van der Waals surface area contributed by atoms with E-state index in [-0.39, 0.29) is 18.0 Å². The first-order valence-electron chi connectivity index (χ1n) is 8.62. The van der Waals surface area contributed by atoms with Gasteiger partial charge in [-0.05, 0) is 38.1 Å². The number of nitrogens with one attached hydrogen (secondary N) is 1. The van der Waals surface area contributed by atoms with E-state index in [4.69, 9.17) is 0 Å². The third-order valence-electron chi connectivity index (χ3n) is 4.21. The smallest absolute Gasteiger partial charge is 0.253 e. The number of aromatic nitrogens is 6. The van der Waals surface area contributed by atoms with Crippen molar-refractivity contribution >= 4 is 17.2 Å². The molecule has 0 saturated carbocycles. The summed E-state index contributed by atoms with van der Waals surface area (Å²) in [5.74, 6) is 0.404. The monoisotopic (exact) mass is 375 g/mol. The van der Waals surface area contributed by atoms with Gasteiger partial charge >= 0.3 is 0 Å². The van der Waals surface area contributed by atoms with Crippen molar-refractivity contribution in [3.63, 3.8) is 0 Å². The summed E-state index contributed by atoms with van der Waals surface area (Å²) in [6.45, 7) is 3.47. The highest BCUT2D eigenvalue weighted by Gasteiger charge is 2.08. The predicted octanol–water partition coefficient (Wildman–Crippen LogP) is 1.60. The van der Waals surface area contributed by atoms with Crippen LogP contribution in [0.5, 0.6) is 0 Å². The topological polar surface area (TPSA) is 107 Å². The van der Waals surface area contributed by atoms with Gasteiger partial charge in [-0.1, -0.05) is 12.1 Å². The molecular weight excluding hydrogens is 358 g/mol. The minimum Gasteiger partial charge on any atom is -0.325 e. The van der Waals surface area contributed by atoms with Crippen molar-refractivity contribution in [2.75, 3.05) is 5.32 Å². The minimum absolute atomic E-state index is 0.0982. The number of anilines is 1. The highest BCUT2D eigenvalue weighted by Crippen LogP contribution is 2.20. The quantitative estimate of drug-likeness (QED) is 0.581. The molecule has 4 aromatic rings. The van der Waals surface area contributed by atoms with Crippen LogP contribution in [-0.2, 0) is 11.3 Å². The second-order valence-corrected chi connectivity index (χ2v) is 6.36. The first-order chi connectivity index (χ1) is 13.5. The summed E-state index contributed by atoms with van der Waals surface area (Å²) in [5, 5.41) is 15.3. The van der Waals surface area contributed by atoms with Crippen LogP contribution < -0.4 is 10.9 Å². The summed E-state index contributed by atoms with van der Waals surface area (Å²) in [5.41, 5.74) is 3.33. The number of carbonyl (C=O) groups excluding carboxylic acids is 1. The number of rotatable bonds is 4. The number of aryl methyl sites for hydroxylation is 2. The van der Waals surface area contributed by atoms with E-state index in [1.165, 1.54) is 17.0 Å². The fourth-order valence-electron chi connectivity index (χ4n) is 2.76. The predicted molar refractivity (Wildman–Crippen MR) is 103 cm³/mol. The molecule has 9 nitrogen and oxygen atoms in total. The highest BCUT2D eigenvalue weighted by atomic mass is 16.2. The Bertz CT molecular complexity index is 1230. The molecule has 0 spiro atoms. The first-order valence-corrected chi connectivity index (χ1v) is 8.62. The van der Waals surface area contributed by atoms with Crippen LogP contribution in [0.1, 0.15) is 11.5 Å². The van der Waals surface area contributed by atoms with Crippen LogP contribution in [0.2, 0.25) is 0 Å². The van der Waals surface area contributed by atoms with Gasteiger partial charge in [0.2, 0.25) is 5.91 Å². The Hall–Kier alpha value is -3.88. The third kappa shape index (κ3) is 3.50. The van der Waals surface area contributed by atoms with Gasteiger partial charge in [0.15, 0.2) is 11.5 Å².